The fourth-order valence-electron chi connectivity index (χ4n) is 2.66. The van der Waals surface area contributed by atoms with Crippen LogP contribution in [0, 0.1) is 6.92 Å². The standard InChI is InChI=1S/C16H21ClN4S/c1-12-9-13(21-7-5-20(2)6-8-21)3-4-15(12)18-10-14-11-19-16(17)22-14/h3-4,9,11,18H,5-8,10H2,1-2H3. The lowest BCUT2D eigenvalue weighted by Crippen LogP contribution is -2.44. The number of hydrogen-bond acceptors (Lipinski definition) is 5. The quantitative estimate of drug-likeness (QED) is 0.926. The Bertz CT molecular complexity index is 635. The van der Waals surface area contributed by atoms with Crippen LogP contribution in [0.1, 0.15) is 10.4 Å². The number of benzene rings is 1. The maximum absolute atomic E-state index is 5.86. The Balaban J connectivity index is 1.64. The van der Waals surface area contributed by atoms with Crippen molar-refractivity contribution >= 4 is 34.3 Å². The van der Waals surface area contributed by atoms with Crippen molar-refractivity contribution in [2.45, 2.75) is 13.5 Å². The Morgan fingerprint density at radius 1 is 1.27 bits per heavy atom. The molecule has 4 nitrogen and oxygen atoms in total. The van der Waals surface area contributed by atoms with Crippen LogP contribution in [0.4, 0.5) is 11.4 Å². The molecule has 0 amide bonds. The highest BCUT2D eigenvalue weighted by atomic mass is 35.5. The molecule has 2 aromatic rings. The molecule has 1 aromatic carbocycles. The third kappa shape index (κ3) is 3.72. The number of nitrogens with zero attached hydrogens (tertiary/aromatic N) is 3. The fourth-order valence-corrected chi connectivity index (χ4v) is 3.57. The lowest BCUT2D eigenvalue weighted by atomic mass is 10.1. The van der Waals surface area contributed by atoms with Crippen molar-refractivity contribution in [1.29, 1.82) is 0 Å². The van der Waals surface area contributed by atoms with Gasteiger partial charge in [-0.15, -0.1) is 11.3 Å². The molecule has 1 aliphatic heterocycles. The summed E-state index contributed by atoms with van der Waals surface area (Å²) in [4.78, 5) is 10.0. The van der Waals surface area contributed by atoms with Gasteiger partial charge in [0.1, 0.15) is 0 Å². The first kappa shape index (κ1) is 15.6. The number of thiazole rings is 1. The zero-order valence-corrected chi connectivity index (χ0v) is 14.5. The number of halogens is 1. The second-order valence-corrected chi connectivity index (χ2v) is 7.42. The van der Waals surface area contributed by atoms with Crippen molar-refractivity contribution in [3.05, 3.63) is 39.3 Å². The van der Waals surface area contributed by atoms with Crippen molar-refractivity contribution in [1.82, 2.24) is 9.88 Å². The summed E-state index contributed by atoms with van der Waals surface area (Å²) in [5.41, 5.74) is 3.76. The largest absolute Gasteiger partial charge is 0.380 e. The van der Waals surface area contributed by atoms with Crippen molar-refractivity contribution in [3.63, 3.8) is 0 Å². The second kappa shape index (κ2) is 6.86. The Kier molecular flexibility index (Phi) is 4.86. The molecule has 6 heteroatoms. The molecule has 3 rings (SSSR count). The van der Waals surface area contributed by atoms with E-state index in [9.17, 15) is 0 Å². The summed E-state index contributed by atoms with van der Waals surface area (Å²) in [6.07, 6.45) is 1.83. The van der Waals surface area contributed by atoms with Crippen molar-refractivity contribution in [2.75, 3.05) is 43.4 Å². The monoisotopic (exact) mass is 336 g/mol. The van der Waals surface area contributed by atoms with E-state index in [0.717, 1.165) is 37.6 Å². The minimum atomic E-state index is 0.596. The third-order valence-corrected chi connectivity index (χ3v) is 5.17. The van der Waals surface area contributed by atoms with Gasteiger partial charge < -0.3 is 15.1 Å². The van der Waals surface area contributed by atoms with Gasteiger partial charge in [0.2, 0.25) is 0 Å². The van der Waals surface area contributed by atoms with Crippen LogP contribution >= 0.6 is 22.9 Å². The summed E-state index contributed by atoms with van der Waals surface area (Å²) < 4.78 is 0.596. The third-order valence-electron chi connectivity index (χ3n) is 4.06. The first-order chi connectivity index (χ1) is 10.6. The van der Waals surface area contributed by atoms with Gasteiger partial charge in [-0.2, -0.15) is 0 Å². The second-order valence-electron chi connectivity index (χ2n) is 5.72. The van der Waals surface area contributed by atoms with Gasteiger partial charge in [0, 0.05) is 48.6 Å². The highest BCUT2D eigenvalue weighted by Gasteiger charge is 2.14. The van der Waals surface area contributed by atoms with Gasteiger partial charge in [0.15, 0.2) is 4.47 Å². The van der Waals surface area contributed by atoms with E-state index in [1.807, 2.05) is 6.20 Å². The lowest BCUT2D eigenvalue weighted by molar-refractivity contribution is 0.313. The van der Waals surface area contributed by atoms with E-state index < -0.39 is 0 Å². The summed E-state index contributed by atoms with van der Waals surface area (Å²) in [6.45, 7) is 7.38. The molecule has 1 saturated heterocycles. The van der Waals surface area contributed by atoms with E-state index in [1.54, 1.807) is 0 Å². The van der Waals surface area contributed by atoms with Gasteiger partial charge in [-0.3, -0.25) is 0 Å². The predicted molar refractivity (Wildman–Crippen MR) is 95.3 cm³/mol. The van der Waals surface area contributed by atoms with Crippen LogP contribution in [-0.2, 0) is 6.54 Å². The molecule has 0 aliphatic carbocycles. The normalized spacial score (nSPS) is 16.0. The maximum Gasteiger partial charge on any atom is 0.183 e. The van der Waals surface area contributed by atoms with E-state index in [4.69, 9.17) is 11.6 Å². The van der Waals surface area contributed by atoms with Crippen molar-refractivity contribution < 1.29 is 0 Å². The number of nitrogens with one attached hydrogen (secondary N) is 1. The van der Waals surface area contributed by atoms with Crippen LogP contribution in [-0.4, -0.2) is 43.1 Å². The number of piperazine rings is 1. The van der Waals surface area contributed by atoms with Crippen LogP contribution in [0.3, 0.4) is 0 Å². The molecule has 2 heterocycles. The predicted octanol–water partition coefficient (Wildman–Crippen LogP) is 3.47. The Morgan fingerprint density at radius 2 is 2.05 bits per heavy atom. The highest BCUT2D eigenvalue weighted by Crippen LogP contribution is 2.25. The zero-order chi connectivity index (χ0) is 15.5. The molecule has 0 unspecified atom stereocenters. The summed E-state index contributed by atoms with van der Waals surface area (Å²) in [7, 11) is 2.18. The van der Waals surface area contributed by atoms with E-state index in [0.29, 0.717) is 4.47 Å². The summed E-state index contributed by atoms with van der Waals surface area (Å²) >= 11 is 7.38. The van der Waals surface area contributed by atoms with Gasteiger partial charge in [-0.05, 0) is 37.7 Å². The molecule has 0 saturated carbocycles. The van der Waals surface area contributed by atoms with Crippen LogP contribution in [0.2, 0.25) is 4.47 Å². The molecule has 0 bridgehead atoms. The maximum atomic E-state index is 5.86. The topological polar surface area (TPSA) is 31.4 Å². The van der Waals surface area contributed by atoms with E-state index >= 15 is 0 Å². The minimum absolute atomic E-state index is 0.596. The summed E-state index contributed by atoms with van der Waals surface area (Å²) in [6, 6.07) is 6.65. The van der Waals surface area contributed by atoms with Crippen LogP contribution in [0.25, 0.3) is 0 Å². The lowest BCUT2D eigenvalue weighted by Gasteiger charge is -2.34. The molecule has 1 N–H and O–H groups in total. The Hall–Kier alpha value is -1.30. The Labute approximate surface area is 140 Å². The summed E-state index contributed by atoms with van der Waals surface area (Å²) in [5.74, 6) is 0. The van der Waals surface area contributed by atoms with E-state index in [-0.39, 0.29) is 0 Å². The van der Waals surface area contributed by atoms with E-state index in [2.05, 4.69) is 52.3 Å². The number of anilines is 2. The first-order valence-electron chi connectivity index (χ1n) is 7.50. The molecule has 0 radical (unpaired) electrons. The molecule has 0 atom stereocenters. The van der Waals surface area contributed by atoms with E-state index in [1.165, 1.54) is 28.3 Å². The van der Waals surface area contributed by atoms with Gasteiger partial charge in [0.05, 0.1) is 6.54 Å². The molecule has 1 aliphatic rings. The smallest absolute Gasteiger partial charge is 0.183 e. The summed E-state index contributed by atoms with van der Waals surface area (Å²) in [5, 5.41) is 3.46. The molecular weight excluding hydrogens is 316 g/mol. The average molecular weight is 337 g/mol. The minimum Gasteiger partial charge on any atom is -0.380 e. The van der Waals surface area contributed by atoms with Crippen LogP contribution in [0.5, 0.6) is 0 Å². The van der Waals surface area contributed by atoms with Crippen molar-refractivity contribution in [2.24, 2.45) is 0 Å². The average Bonchev–Trinajstić information content (AvgIpc) is 2.92. The fraction of sp³-hybridized carbons (Fsp3) is 0.438. The van der Waals surface area contributed by atoms with Gasteiger partial charge in [-0.25, -0.2) is 4.98 Å². The SMILES string of the molecule is Cc1cc(N2CCN(C)CC2)ccc1NCc1cnc(Cl)s1. The number of aromatic nitrogens is 1. The Morgan fingerprint density at radius 3 is 2.68 bits per heavy atom. The van der Waals surface area contributed by atoms with Crippen LogP contribution in [0.15, 0.2) is 24.4 Å². The number of aryl methyl sites for hydroxylation is 1. The number of hydrogen-bond donors (Lipinski definition) is 1. The highest BCUT2D eigenvalue weighted by molar-refractivity contribution is 7.15. The molecule has 0 spiro atoms. The van der Waals surface area contributed by atoms with Gasteiger partial charge in [-0.1, -0.05) is 11.6 Å². The first-order valence-corrected chi connectivity index (χ1v) is 8.69. The molecule has 22 heavy (non-hydrogen) atoms. The van der Waals surface area contributed by atoms with Crippen LogP contribution < -0.4 is 10.2 Å². The zero-order valence-electron chi connectivity index (χ0n) is 13.0. The van der Waals surface area contributed by atoms with Crippen molar-refractivity contribution in [3.8, 4) is 0 Å². The molecular formula is C16H21ClN4S. The number of rotatable bonds is 4. The molecule has 1 fully saturated rings. The molecule has 1 aromatic heterocycles. The molecule has 118 valence electrons. The van der Waals surface area contributed by atoms with Gasteiger partial charge >= 0.3 is 0 Å². The van der Waals surface area contributed by atoms with Gasteiger partial charge in [0.25, 0.3) is 0 Å². The number of likely N-dealkylation sites (N-methyl/N-ethyl adjacent to an activating group) is 1.